The predicted molar refractivity (Wildman–Crippen MR) is 64.4 cm³/mol. The van der Waals surface area contributed by atoms with E-state index in [9.17, 15) is 10.2 Å². The first-order chi connectivity index (χ1) is 8.24. The highest BCUT2D eigenvalue weighted by Crippen LogP contribution is 2.19. The number of azo groups is 1. The number of hydrogen-bond donors (Lipinski definition) is 2. The number of rotatable bonds is 3. The maximum Gasteiger partial charge on any atom is 0.117 e. The van der Waals surface area contributed by atoms with Gasteiger partial charge in [-0.15, -0.1) is 0 Å². The molecule has 0 atom stereocenters. The largest absolute Gasteiger partial charge is 0.508 e. The van der Waals surface area contributed by atoms with Crippen LogP contribution >= 0.6 is 0 Å². The van der Waals surface area contributed by atoms with Crippen LogP contribution in [-0.2, 0) is 6.54 Å². The Morgan fingerprint density at radius 3 is 2.29 bits per heavy atom. The molecule has 0 unspecified atom stereocenters. The maximum absolute atomic E-state index is 9.26. The van der Waals surface area contributed by atoms with Crippen LogP contribution in [-0.4, -0.2) is 10.2 Å². The Labute approximate surface area is 98.9 Å². The molecule has 86 valence electrons. The molecule has 17 heavy (non-hydrogen) atoms. The summed E-state index contributed by atoms with van der Waals surface area (Å²) in [5.74, 6) is 0.383. The van der Waals surface area contributed by atoms with Gasteiger partial charge in [0.15, 0.2) is 0 Å². The van der Waals surface area contributed by atoms with Gasteiger partial charge < -0.3 is 10.2 Å². The van der Waals surface area contributed by atoms with E-state index in [0.717, 1.165) is 5.56 Å². The van der Waals surface area contributed by atoms with E-state index in [1.54, 1.807) is 36.4 Å². The van der Waals surface area contributed by atoms with Crippen molar-refractivity contribution in [3.05, 3.63) is 54.1 Å². The molecular weight excluding hydrogens is 216 g/mol. The predicted octanol–water partition coefficient (Wildman–Crippen LogP) is 3.38. The molecule has 4 heteroatoms. The highest BCUT2D eigenvalue weighted by molar-refractivity contribution is 5.41. The van der Waals surface area contributed by atoms with Crippen LogP contribution in [0.5, 0.6) is 11.5 Å². The highest BCUT2D eigenvalue weighted by atomic mass is 16.3. The Morgan fingerprint density at radius 1 is 0.882 bits per heavy atom. The minimum Gasteiger partial charge on any atom is -0.508 e. The van der Waals surface area contributed by atoms with Crippen molar-refractivity contribution in [1.82, 2.24) is 0 Å². The summed E-state index contributed by atoms with van der Waals surface area (Å²) in [5.41, 5.74) is 1.49. The molecule has 0 saturated carbocycles. The molecule has 0 bridgehead atoms. The smallest absolute Gasteiger partial charge is 0.117 e. The second-order valence-electron chi connectivity index (χ2n) is 3.59. The second kappa shape index (κ2) is 5.12. The summed E-state index contributed by atoms with van der Waals surface area (Å²) >= 11 is 0. The minimum atomic E-state index is 0.166. The molecule has 2 rings (SSSR count). The Bertz CT molecular complexity index is 538. The Morgan fingerprint density at radius 2 is 1.59 bits per heavy atom. The first kappa shape index (κ1) is 11.1. The molecule has 0 amide bonds. The number of hydrogen-bond acceptors (Lipinski definition) is 4. The monoisotopic (exact) mass is 228 g/mol. The van der Waals surface area contributed by atoms with Crippen LogP contribution < -0.4 is 0 Å². The average Bonchev–Trinajstić information content (AvgIpc) is 2.29. The average molecular weight is 228 g/mol. The van der Waals surface area contributed by atoms with Gasteiger partial charge in [0.05, 0.1) is 12.2 Å². The van der Waals surface area contributed by atoms with Gasteiger partial charge in [-0.2, -0.15) is 10.2 Å². The van der Waals surface area contributed by atoms with E-state index in [0.29, 0.717) is 12.2 Å². The molecule has 0 saturated heterocycles. The molecule has 4 nitrogen and oxygen atoms in total. The fourth-order valence-electron chi connectivity index (χ4n) is 1.41. The summed E-state index contributed by atoms with van der Waals surface area (Å²) in [6.07, 6.45) is 0. The summed E-state index contributed by atoms with van der Waals surface area (Å²) in [4.78, 5) is 0. The fourth-order valence-corrected chi connectivity index (χ4v) is 1.41. The van der Waals surface area contributed by atoms with Crippen molar-refractivity contribution < 1.29 is 10.2 Å². The van der Waals surface area contributed by atoms with Gasteiger partial charge in [-0.3, -0.25) is 0 Å². The molecule has 0 heterocycles. The second-order valence-corrected chi connectivity index (χ2v) is 3.59. The maximum atomic E-state index is 9.26. The summed E-state index contributed by atoms with van der Waals surface area (Å²) < 4.78 is 0. The highest BCUT2D eigenvalue weighted by Gasteiger charge is 1.94. The zero-order chi connectivity index (χ0) is 12.1. The van der Waals surface area contributed by atoms with Crippen LogP contribution in [0.2, 0.25) is 0 Å². The third-order valence-corrected chi connectivity index (χ3v) is 2.18. The summed E-state index contributed by atoms with van der Waals surface area (Å²) in [7, 11) is 0. The number of phenolic OH excluding ortho intramolecular Hbond substituents is 2. The van der Waals surface area contributed by atoms with Crippen LogP contribution in [0.25, 0.3) is 0 Å². The van der Waals surface area contributed by atoms with E-state index < -0.39 is 0 Å². The van der Waals surface area contributed by atoms with Crippen molar-refractivity contribution in [2.45, 2.75) is 6.54 Å². The van der Waals surface area contributed by atoms with Gasteiger partial charge in [0.25, 0.3) is 0 Å². The third kappa shape index (κ3) is 3.31. The van der Waals surface area contributed by atoms with Crippen LogP contribution in [0, 0.1) is 0 Å². The van der Waals surface area contributed by atoms with E-state index in [1.807, 2.05) is 6.07 Å². The summed E-state index contributed by atoms with van der Waals surface area (Å²) in [5, 5.41) is 26.5. The number of aromatic hydroxyl groups is 2. The van der Waals surface area contributed by atoms with Crippen molar-refractivity contribution in [3.8, 4) is 11.5 Å². The van der Waals surface area contributed by atoms with Gasteiger partial charge in [0.1, 0.15) is 11.5 Å². The standard InChI is InChI=1S/C13H12N2O2/c16-12-5-1-3-10(7-12)9-14-15-11-4-2-6-13(17)8-11/h1-8,16-17H,9H2. The number of nitrogens with zero attached hydrogens (tertiary/aromatic N) is 2. The van der Waals surface area contributed by atoms with Crippen molar-refractivity contribution in [2.75, 3.05) is 0 Å². The van der Waals surface area contributed by atoms with Gasteiger partial charge in [-0.25, -0.2) is 0 Å². The molecule has 0 fully saturated rings. The van der Waals surface area contributed by atoms with Gasteiger partial charge in [-0.05, 0) is 29.8 Å². The zero-order valence-electron chi connectivity index (χ0n) is 9.11. The van der Waals surface area contributed by atoms with E-state index in [-0.39, 0.29) is 11.5 Å². The van der Waals surface area contributed by atoms with Crippen molar-refractivity contribution in [1.29, 1.82) is 0 Å². The molecule has 2 N–H and O–H groups in total. The quantitative estimate of drug-likeness (QED) is 0.791. The Balaban J connectivity index is 2.03. The van der Waals surface area contributed by atoms with Crippen molar-refractivity contribution >= 4 is 5.69 Å². The zero-order valence-corrected chi connectivity index (χ0v) is 9.11. The molecule has 0 aliphatic carbocycles. The van der Waals surface area contributed by atoms with E-state index in [2.05, 4.69) is 10.2 Å². The van der Waals surface area contributed by atoms with E-state index >= 15 is 0 Å². The van der Waals surface area contributed by atoms with Gasteiger partial charge in [0, 0.05) is 6.07 Å². The lowest BCUT2D eigenvalue weighted by Crippen LogP contribution is -1.78. The van der Waals surface area contributed by atoms with Crippen molar-refractivity contribution in [3.63, 3.8) is 0 Å². The lowest BCUT2D eigenvalue weighted by molar-refractivity contribution is 0.474. The van der Waals surface area contributed by atoms with E-state index in [1.165, 1.54) is 6.07 Å². The lowest BCUT2D eigenvalue weighted by atomic mass is 10.2. The van der Waals surface area contributed by atoms with Crippen LogP contribution in [0.3, 0.4) is 0 Å². The topological polar surface area (TPSA) is 65.2 Å². The molecule has 2 aromatic rings. The summed E-state index contributed by atoms with van der Waals surface area (Å²) in [6, 6.07) is 13.4. The molecule has 0 spiro atoms. The molecule has 0 aliphatic rings. The van der Waals surface area contributed by atoms with E-state index in [4.69, 9.17) is 0 Å². The number of phenols is 2. The molecule has 0 aromatic heterocycles. The fraction of sp³-hybridized carbons (Fsp3) is 0.0769. The Kier molecular flexibility index (Phi) is 3.35. The number of benzene rings is 2. The van der Waals surface area contributed by atoms with Crippen LogP contribution in [0.4, 0.5) is 5.69 Å². The SMILES string of the molecule is Oc1cccc(CN=Nc2cccc(O)c2)c1. The van der Waals surface area contributed by atoms with Crippen LogP contribution in [0.1, 0.15) is 5.56 Å². The lowest BCUT2D eigenvalue weighted by Gasteiger charge is -1.97. The first-order valence-corrected chi connectivity index (χ1v) is 5.18. The molecule has 0 radical (unpaired) electrons. The molecular formula is C13H12N2O2. The summed E-state index contributed by atoms with van der Waals surface area (Å²) in [6.45, 7) is 0.393. The first-order valence-electron chi connectivity index (χ1n) is 5.18. The molecule has 2 aromatic carbocycles. The van der Waals surface area contributed by atoms with Gasteiger partial charge >= 0.3 is 0 Å². The Hall–Kier alpha value is -2.36. The van der Waals surface area contributed by atoms with Gasteiger partial charge in [-0.1, -0.05) is 18.2 Å². The third-order valence-electron chi connectivity index (χ3n) is 2.18. The van der Waals surface area contributed by atoms with Crippen LogP contribution in [0.15, 0.2) is 58.8 Å². The molecule has 0 aliphatic heterocycles. The minimum absolute atomic E-state index is 0.166. The van der Waals surface area contributed by atoms with Crippen molar-refractivity contribution in [2.24, 2.45) is 10.2 Å². The van der Waals surface area contributed by atoms with Gasteiger partial charge in [0.2, 0.25) is 0 Å². The normalized spacial score (nSPS) is 10.8.